The molecular formula is C10H12ClNOSi. The summed E-state index contributed by atoms with van der Waals surface area (Å²) in [6.45, 7) is 6.42. The molecule has 0 fully saturated rings. The number of hydrogen-bond acceptors (Lipinski definition) is 2. The van der Waals surface area contributed by atoms with Gasteiger partial charge in [-0.05, 0) is 6.07 Å². The highest BCUT2D eigenvalue weighted by atomic mass is 35.5. The van der Waals surface area contributed by atoms with Gasteiger partial charge < -0.3 is 5.11 Å². The minimum Gasteiger partial charge on any atom is -0.504 e. The van der Waals surface area contributed by atoms with Crippen LogP contribution in [0.1, 0.15) is 5.56 Å². The summed E-state index contributed by atoms with van der Waals surface area (Å²) in [5.41, 5.74) is 3.70. The summed E-state index contributed by atoms with van der Waals surface area (Å²) < 4.78 is 0. The van der Waals surface area contributed by atoms with E-state index in [1.54, 1.807) is 6.07 Å². The SMILES string of the molecule is C[Si](C)(C)C#Cc1ccnc(Cl)c1O. The molecule has 0 radical (unpaired) electrons. The molecule has 0 unspecified atom stereocenters. The van der Waals surface area contributed by atoms with Crippen molar-refractivity contribution in [2.24, 2.45) is 0 Å². The Kier molecular flexibility index (Phi) is 3.20. The van der Waals surface area contributed by atoms with E-state index in [1.165, 1.54) is 6.20 Å². The zero-order valence-corrected chi connectivity index (χ0v) is 10.2. The number of nitrogens with zero attached hydrogens (tertiary/aromatic N) is 1. The van der Waals surface area contributed by atoms with Crippen molar-refractivity contribution in [3.8, 4) is 17.2 Å². The third-order valence-corrected chi connectivity index (χ3v) is 2.60. The molecule has 14 heavy (non-hydrogen) atoms. The van der Waals surface area contributed by atoms with E-state index >= 15 is 0 Å². The van der Waals surface area contributed by atoms with Gasteiger partial charge in [0, 0.05) is 6.20 Å². The van der Waals surface area contributed by atoms with Crippen LogP contribution in [0.15, 0.2) is 12.3 Å². The first kappa shape index (κ1) is 11.1. The van der Waals surface area contributed by atoms with Gasteiger partial charge in [-0.25, -0.2) is 4.98 Å². The Hall–Kier alpha value is -0.983. The Balaban J connectivity index is 3.08. The molecule has 0 saturated carbocycles. The molecule has 0 atom stereocenters. The quantitative estimate of drug-likeness (QED) is 0.418. The molecule has 1 N–H and O–H groups in total. The second kappa shape index (κ2) is 4.03. The van der Waals surface area contributed by atoms with E-state index in [4.69, 9.17) is 11.6 Å². The monoisotopic (exact) mass is 225 g/mol. The molecule has 0 spiro atoms. The zero-order valence-electron chi connectivity index (χ0n) is 8.43. The lowest BCUT2D eigenvalue weighted by molar-refractivity contribution is 0.471. The van der Waals surface area contributed by atoms with Gasteiger partial charge in [-0.3, -0.25) is 0 Å². The van der Waals surface area contributed by atoms with Gasteiger partial charge in [0.25, 0.3) is 0 Å². The van der Waals surface area contributed by atoms with Gasteiger partial charge in [0.15, 0.2) is 10.9 Å². The molecule has 1 aromatic heterocycles. The maximum Gasteiger partial charge on any atom is 0.172 e. The lowest BCUT2D eigenvalue weighted by atomic mass is 10.3. The summed E-state index contributed by atoms with van der Waals surface area (Å²) in [5.74, 6) is 2.90. The average Bonchev–Trinajstić information content (AvgIpc) is 2.06. The van der Waals surface area contributed by atoms with Crippen LogP contribution in [0, 0.1) is 11.5 Å². The molecule has 0 amide bonds. The largest absolute Gasteiger partial charge is 0.504 e. The number of halogens is 1. The molecule has 0 saturated heterocycles. The van der Waals surface area contributed by atoms with E-state index < -0.39 is 8.07 Å². The van der Waals surface area contributed by atoms with E-state index in [2.05, 4.69) is 36.1 Å². The average molecular weight is 226 g/mol. The van der Waals surface area contributed by atoms with E-state index in [9.17, 15) is 5.11 Å². The number of hydrogen-bond donors (Lipinski definition) is 1. The first-order chi connectivity index (χ1) is 6.40. The third-order valence-electron chi connectivity index (χ3n) is 1.45. The van der Waals surface area contributed by atoms with Gasteiger partial charge in [-0.1, -0.05) is 37.2 Å². The van der Waals surface area contributed by atoms with Gasteiger partial charge in [0.05, 0.1) is 5.56 Å². The van der Waals surface area contributed by atoms with Crippen molar-refractivity contribution in [3.63, 3.8) is 0 Å². The highest BCUT2D eigenvalue weighted by Crippen LogP contribution is 2.23. The Morgan fingerprint density at radius 1 is 1.43 bits per heavy atom. The zero-order chi connectivity index (χ0) is 10.8. The summed E-state index contributed by atoms with van der Waals surface area (Å²) >= 11 is 5.65. The van der Waals surface area contributed by atoms with Crippen LogP contribution >= 0.6 is 11.6 Å². The maximum absolute atomic E-state index is 9.51. The van der Waals surface area contributed by atoms with Crippen molar-refractivity contribution < 1.29 is 5.11 Å². The van der Waals surface area contributed by atoms with Crippen LogP contribution in [-0.4, -0.2) is 18.2 Å². The molecule has 0 aliphatic carbocycles. The van der Waals surface area contributed by atoms with Crippen molar-refractivity contribution in [2.45, 2.75) is 19.6 Å². The van der Waals surface area contributed by atoms with Gasteiger partial charge in [-0.2, -0.15) is 0 Å². The Labute approximate surface area is 90.0 Å². The second-order valence-corrected chi connectivity index (χ2v) is 9.11. The molecule has 2 nitrogen and oxygen atoms in total. The molecule has 0 aliphatic rings. The molecule has 74 valence electrons. The molecule has 0 aromatic carbocycles. The Morgan fingerprint density at radius 2 is 2.07 bits per heavy atom. The number of pyridine rings is 1. The van der Waals surface area contributed by atoms with Crippen LogP contribution in [0.25, 0.3) is 0 Å². The molecule has 1 aromatic rings. The van der Waals surface area contributed by atoms with Crippen LogP contribution in [0.3, 0.4) is 0 Å². The number of aromatic hydroxyl groups is 1. The van der Waals surface area contributed by atoms with Gasteiger partial charge >= 0.3 is 0 Å². The van der Waals surface area contributed by atoms with Gasteiger partial charge in [0.1, 0.15) is 8.07 Å². The van der Waals surface area contributed by atoms with Gasteiger partial charge in [-0.15, -0.1) is 5.54 Å². The van der Waals surface area contributed by atoms with Crippen molar-refractivity contribution in [1.29, 1.82) is 0 Å². The fourth-order valence-electron chi connectivity index (χ4n) is 0.784. The predicted molar refractivity (Wildman–Crippen MR) is 61.1 cm³/mol. The summed E-state index contributed by atoms with van der Waals surface area (Å²) in [6, 6.07) is 1.66. The summed E-state index contributed by atoms with van der Waals surface area (Å²) in [5, 5.41) is 9.62. The maximum atomic E-state index is 9.51. The second-order valence-electron chi connectivity index (χ2n) is 4.00. The van der Waals surface area contributed by atoms with Crippen LogP contribution in [0.4, 0.5) is 0 Å². The third kappa shape index (κ3) is 3.06. The number of aromatic nitrogens is 1. The lowest BCUT2D eigenvalue weighted by Crippen LogP contribution is -2.16. The van der Waals surface area contributed by atoms with Crippen LogP contribution in [0.5, 0.6) is 5.75 Å². The summed E-state index contributed by atoms with van der Waals surface area (Å²) in [4.78, 5) is 3.74. The van der Waals surface area contributed by atoms with Crippen LogP contribution in [-0.2, 0) is 0 Å². The van der Waals surface area contributed by atoms with E-state index in [1.807, 2.05) is 0 Å². The highest BCUT2D eigenvalue weighted by Gasteiger charge is 2.09. The fourth-order valence-corrected chi connectivity index (χ4v) is 1.45. The fraction of sp³-hybridized carbons (Fsp3) is 0.300. The Morgan fingerprint density at radius 3 is 2.64 bits per heavy atom. The first-order valence-corrected chi connectivity index (χ1v) is 8.14. The Bertz CT molecular complexity index is 401. The minimum atomic E-state index is -1.42. The lowest BCUT2D eigenvalue weighted by Gasteiger charge is -2.04. The van der Waals surface area contributed by atoms with Crippen LogP contribution in [0.2, 0.25) is 24.8 Å². The molecule has 4 heteroatoms. The van der Waals surface area contributed by atoms with Crippen LogP contribution < -0.4 is 0 Å². The van der Waals surface area contributed by atoms with E-state index in [0.717, 1.165) is 0 Å². The molecule has 0 bridgehead atoms. The minimum absolute atomic E-state index is 0.0279. The first-order valence-electron chi connectivity index (χ1n) is 4.27. The molecule has 0 aliphatic heterocycles. The van der Waals surface area contributed by atoms with Crippen molar-refractivity contribution in [3.05, 3.63) is 23.0 Å². The van der Waals surface area contributed by atoms with Crippen molar-refractivity contribution >= 4 is 19.7 Å². The predicted octanol–water partition coefficient (Wildman–Crippen LogP) is 2.67. The molecule has 1 heterocycles. The van der Waals surface area contributed by atoms with Crippen molar-refractivity contribution in [2.75, 3.05) is 0 Å². The standard InChI is InChI=1S/C10H12ClNOSi/c1-14(2,3)7-5-8-4-6-12-10(11)9(8)13/h4,6,13H,1-3H3. The van der Waals surface area contributed by atoms with Crippen molar-refractivity contribution in [1.82, 2.24) is 4.98 Å². The normalized spacial score (nSPS) is 10.6. The summed E-state index contributed by atoms with van der Waals surface area (Å²) in [7, 11) is -1.42. The smallest absolute Gasteiger partial charge is 0.172 e. The van der Waals surface area contributed by atoms with E-state index in [-0.39, 0.29) is 10.9 Å². The topological polar surface area (TPSA) is 33.1 Å². The molecule has 1 rings (SSSR count). The van der Waals surface area contributed by atoms with E-state index in [0.29, 0.717) is 5.56 Å². The highest BCUT2D eigenvalue weighted by molar-refractivity contribution is 6.83. The number of rotatable bonds is 0. The van der Waals surface area contributed by atoms with Gasteiger partial charge in [0.2, 0.25) is 0 Å². The summed E-state index contributed by atoms with van der Waals surface area (Å²) in [6.07, 6.45) is 1.54. The molecular weight excluding hydrogens is 214 g/mol.